The molecule has 3 amide bonds. The van der Waals surface area contributed by atoms with E-state index in [9.17, 15) is 32.3 Å². The van der Waals surface area contributed by atoms with Gasteiger partial charge in [0.15, 0.2) is 5.78 Å². The number of Topliss-reactive ketones (excluding diaryl/α,β-unsaturated/α-hetero) is 1. The summed E-state index contributed by atoms with van der Waals surface area (Å²) in [4.78, 5) is 50.1. The number of rotatable bonds is 5. The molecule has 9 heteroatoms. The van der Waals surface area contributed by atoms with Crippen molar-refractivity contribution in [3.63, 3.8) is 0 Å². The van der Waals surface area contributed by atoms with Crippen molar-refractivity contribution in [2.45, 2.75) is 44.4 Å². The Labute approximate surface area is 181 Å². The topological polar surface area (TPSA) is 83.6 Å². The highest BCUT2D eigenvalue weighted by Crippen LogP contribution is 2.33. The Hall–Kier alpha value is -3.49. The molecule has 2 aliphatic rings. The molecule has 0 radical (unpaired) electrons. The molecule has 2 aromatic carbocycles. The van der Waals surface area contributed by atoms with Gasteiger partial charge in [0.25, 0.3) is 5.91 Å². The summed E-state index contributed by atoms with van der Waals surface area (Å²) in [6.07, 6.45) is -4.10. The van der Waals surface area contributed by atoms with Crippen LogP contribution in [-0.4, -0.2) is 34.4 Å². The SMILES string of the molecule is O=C1CCC(N2Cc3cc(CCC(=O)c4ccccc4C(F)(F)F)ccc3C2=O)C(=O)N1. The summed E-state index contributed by atoms with van der Waals surface area (Å²) in [5.74, 6) is -1.79. The second-order valence-corrected chi connectivity index (χ2v) is 7.86. The third kappa shape index (κ3) is 4.15. The number of ketones is 1. The summed E-state index contributed by atoms with van der Waals surface area (Å²) in [6, 6.07) is 8.97. The summed E-state index contributed by atoms with van der Waals surface area (Å²) in [5, 5.41) is 2.24. The van der Waals surface area contributed by atoms with Crippen LogP contribution < -0.4 is 5.32 Å². The number of hydrogen-bond acceptors (Lipinski definition) is 4. The second kappa shape index (κ2) is 8.22. The molecule has 0 aliphatic carbocycles. The minimum absolute atomic E-state index is 0.114. The third-order valence-corrected chi connectivity index (χ3v) is 5.76. The van der Waals surface area contributed by atoms with Crippen LogP contribution in [0, 0.1) is 0 Å². The minimum Gasteiger partial charge on any atom is -0.322 e. The van der Waals surface area contributed by atoms with Crippen LogP contribution in [-0.2, 0) is 28.7 Å². The first-order chi connectivity index (χ1) is 15.1. The third-order valence-electron chi connectivity index (χ3n) is 5.76. The average molecular weight is 444 g/mol. The van der Waals surface area contributed by atoms with Gasteiger partial charge in [-0.25, -0.2) is 0 Å². The second-order valence-electron chi connectivity index (χ2n) is 7.86. The van der Waals surface area contributed by atoms with E-state index in [-0.39, 0.29) is 49.6 Å². The number of nitrogens with zero attached hydrogens (tertiary/aromatic N) is 1. The molecule has 1 atom stereocenters. The van der Waals surface area contributed by atoms with Gasteiger partial charge in [0.05, 0.1) is 5.56 Å². The highest BCUT2D eigenvalue weighted by atomic mass is 19.4. The molecule has 1 fully saturated rings. The lowest BCUT2D eigenvalue weighted by atomic mass is 9.97. The van der Waals surface area contributed by atoms with Gasteiger partial charge < -0.3 is 4.90 Å². The summed E-state index contributed by atoms with van der Waals surface area (Å²) in [7, 11) is 0. The molecule has 2 heterocycles. The van der Waals surface area contributed by atoms with Crippen LogP contribution in [0.25, 0.3) is 0 Å². The Balaban J connectivity index is 1.46. The summed E-state index contributed by atoms with van der Waals surface area (Å²) < 4.78 is 39.5. The van der Waals surface area contributed by atoms with Crippen LogP contribution in [0.15, 0.2) is 42.5 Å². The number of nitrogens with one attached hydrogen (secondary N) is 1. The molecule has 0 bridgehead atoms. The van der Waals surface area contributed by atoms with Crippen molar-refractivity contribution in [2.75, 3.05) is 0 Å². The van der Waals surface area contributed by atoms with Gasteiger partial charge in [-0.15, -0.1) is 0 Å². The number of fused-ring (bicyclic) bond motifs is 1. The number of halogens is 3. The molecular formula is C23H19F3N2O4. The fourth-order valence-electron chi connectivity index (χ4n) is 4.15. The van der Waals surface area contributed by atoms with Crippen molar-refractivity contribution < 1.29 is 32.3 Å². The zero-order valence-corrected chi connectivity index (χ0v) is 16.9. The van der Waals surface area contributed by atoms with Crippen molar-refractivity contribution in [1.82, 2.24) is 10.2 Å². The molecule has 0 spiro atoms. The molecule has 2 aliphatic heterocycles. The lowest BCUT2D eigenvalue weighted by molar-refractivity contribution is -0.138. The molecular weight excluding hydrogens is 425 g/mol. The zero-order chi connectivity index (χ0) is 23.0. The first-order valence-electron chi connectivity index (χ1n) is 10.1. The maximum atomic E-state index is 13.2. The van der Waals surface area contributed by atoms with Crippen LogP contribution in [0.3, 0.4) is 0 Å². The molecule has 6 nitrogen and oxygen atoms in total. The lowest BCUT2D eigenvalue weighted by Crippen LogP contribution is -2.52. The Kier molecular flexibility index (Phi) is 5.58. The van der Waals surface area contributed by atoms with Crippen LogP contribution >= 0.6 is 0 Å². The van der Waals surface area contributed by atoms with Gasteiger partial charge in [-0.3, -0.25) is 24.5 Å². The van der Waals surface area contributed by atoms with Gasteiger partial charge >= 0.3 is 6.18 Å². The Morgan fingerprint density at radius 1 is 1.09 bits per heavy atom. The molecule has 0 aromatic heterocycles. The molecule has 1 N–H and O–H groups in total. The Morgan fingerprint density at radius 3 is 2.56 bits per heavy atom. The van der Waals surface area contributed by atoms with Gasteiger partial charge in [-0.1, -0.05) is 30.3 Å². The number of amides is 3. The van der Waals surface area contributed by atoms with Gasteiger partial charge in [-0.05, 0) is 36.1 Å². The largest absolute Gasteiger partial charge is 0.417 e. The minimum atomic E-state index is -4.61. The molecule has 1 unspecified atom stereocenters. The van der Waals surface area contributed by atoms with Crippen molar-refractivity contribution >= 4 is 23.5 Å². The number of alkyl halides is 3. The lowest BCUT2D eigenvalue weighted by Gasteiger charge is -2.29. The van der Waals surface area contributed by atoms with Gasteiger partial charge in [0.2, 0.25) is 11.8 Å². The first-order valence-corrected chi connectivity index (χ1v) is 10.1. The zero-order valence-electron chi connectivity index (χ0n) is 16.9. The van der Waals surface area contributed by atoms with E-state index in [1.54, 1.807) is 18.2 Å². The number of piperidine rings is 1. The maximum Gasteiger partial charge on any atom is 0.417 e. The number of carbonyl (C=O) groups excluding carboxylic acids is 4. The smallest absolute Gasteiger partial charge is 0.322 e. The molecule has 4 rings (SSSR count). The number of benzene rings is 2. The van der Waals surface area contributed by atoms with E-state index >= 15 is 0 Å². The van der Waals surface area contributed by atoms with Crippen LogP contribution in [0.2, 0.25) is 0 Å². The molecule has 1 saturated heterocycles. The van der Waals surface area contributed by atoms with Gasteiger partial charge in [-0.2, -0.15) is 13.2 Å². The van der Waals surface area contributed by atoms with Crippen molar-refractivity contribution in [2.24, 2.45) is 0 Å². The highest BCUT2D eigenvalue weighted by Gasteiger charge is 2.39. The quantitative estimate of drug-likeness (QED) is 0.567. The van der Waals surface area contributed by atoms with E-state index in [1.165, 1.54) is 23.1 Å². The van der Waals surface area contributed by atoms with Crippen molar-refractivity contribution in [1.29, 1.82) is 0 Å². The average Bonchev–Trinajstić information content (AvgIpc) is 3.07. The van der Waals surface area contributed by atoms with Crippen molar-refractivity contribution in [3.05, 3.63) is 70.3 Å². The van der Waals surface area contributed by atoms with E-state index in [2.05, 4.69) is 5.32 Å². The van der Waals surface area contributed by atoms with Crippen LogP contribution in [0.1, 0.15) is 56.7 Å². The van der Waals surface area contributed by atoms with E-state index < -0.39 is 29.5 Å². The van der Waals surface area contributed by atoms with Crippen LogP contribution in [0.4, 0.5) is 13.2 Å². The monoisotopic (exact) mass is 444 g/mol. The summed E-state index contributed by atoms with van der Waals surface area (Å²) in [6.45, 7) is 0.194. The van der Waals surface area contributed by atoms with E-state index in [4.69, 9.17) is 0 Å². The maximum absolute atomic E-state index is 13.2. The number of hydrogen-bond donors (Lipinski definition) is 1. The molecule has 166 valence electrons. The standard InChI is InChI=1S/C23H19F3N2O4/c24-23(25,26)17-4-2-1-3-16(17)19(29)9-6-13-5-7-15-14(11-13)12-28(22(15)32)18-8-10-20(30)27-21(18)31/h1-5,7,11,18H,6,8-10,12H2,(H,27,30,31). The van der Waals surface area contributed by atoms with Crippen molar-refractivity contribution in [3.8, 4) is 0 Å². The summed E-state index contributed by atoms with van der Waals surface area (Å²) in [5.41, 5.74) is 0.511. The first kappa shape index (κ1) is 21.7. The van der Waals surface area contributed by atoms with Gasteiger partial charge in [0.1, 0.15) is 6.04 Å². The van der Waals surface area contributed by atoms with Crippen LogP contribution in [0.5, 0.6) is 0 Å². The molecule has 2 aromatic rings. The van der Waals surface area contributed by atoms with E-state index in [1.807, 2.05) is 0 Å². The number of imide groups is 1. The fraction of sp³-hybridized carbons (Fsp3) is 0.304. The predicted octanol–water partition coefficient (Wildman–Crippen LogP) is 3.28. The number of aryl methyl sites for hydroxylation is 1. The molecule has 32 heavy (non-hydrogen) atoms. The highest BCUT2D eigenvalue weighted by molar-refractivity contribution is 6.05. The van der Waals surface area contributed by atoms with Gasteiger partial charge in [0, 0.05) is 30.5 Å². The predicted molar refractivity (Wildman–Crippen MR) is 107 cm³/mol. The Morgan fingerprint density at radius 2 is 1.84 bits per heavy atom. The Bertz CT molecular complexity index is 1130. The summed E-state index contributed by atoms with van der Waals surface area (Å²) >= 11 is 0. The van der Waals surface area contributed by atoms with E-state index in [0.717, 1.165) is 6.07 Å². The van der Waals surface area contributed by atoms with E-state index in [0.29, 0.717) is 16.7 Å². The molecule has 0 saturated carbocycles. The fourth-order valence-corrected chi connectivity index (χ4v) is 4.15. The number of carbonyl (C=O) groups is 4. The normalized spacial score (nSPS) is 18.5.